The third kappa shape index (κ3) is 4.79. The van der Waals surface area contributed by atoms with E-state index in [9.17, 15) is 14.4 Å². The zero-order chi connectivity index (χ0) is 16.7. The molecule has 0 bridgehead atoms. The van der Waals surface area contributed by atoms with Gasteiger partial charge in [-0.15, -0.1) is 0 Å². The highest BCUT2D eigenvalue weighted by Gasteiger charge is 2.48. The first-order chi connectivity index (χ1) is 10.4. The Morgan fingerprint density at radius 1 is 1.11 bits per heavy atom. The second kappa shape index (κ2) is 6.85. The minimum Gasteiger partial charge on any atom is -0.463 e. The number of halogens is 1. The molecule has 1 unspecified atom stereocenters. The van der Waals surface area contributed by atoms with Gasteiger partial charge in [-0.1, -0.05) is 15.9 Å². The van der Waals surface area contributed by atoms with Crippen LogP contribution in [0.2, 0.25) is 0 Å². The van der Waals surface area contributed by atoms with Crippen molar-refractivity contribution in [3.63, 3.8) is 0 Å². The van der Waals surface area contributed by atoms with Crippen molar-refractivity contribution in [1.82, 2.24) is 0 Å². The highest BCUT2D eigenvalue weighted by atomic mass is 79.9. The summed E-state index contributed by atoms with van der Waals surface area (Å²) in [5, 5.41) is -0.828. The average Bonchev–Trinajstić information content (AvgIpc) is 2.80. The normalized spacial score (nSPS) is 31.7. The number of hydrogen-bond donors (Lipinski definition) is 0. The SMILES string of the molecule is [2H]CC(=O)OC[C@H]1OC(Br)[C@H](OC(=O)C[2H])[C@@H]1OC(=O)C[2H]. The van der Waals surface area contributed by atoms with Crippen molar-refractivity contribution in [3.8, 4) is 0 Å². The molecule has 0 aliphatic carbocycles. The molecule has 19 heavy (non-hydrogen) atoms. The van der Waals surface area contributed by atoms with Gasteiger partial charge in [-0.2, -0.15) is 0 Å². The number of carbonyl (C=O) groups excluding carboxylic acids is 3. The molecule has 8 heteroatoms. The fraction of sp³-hybridized carbons (Fsp3) is 0.727. The molecular weight excluding hydrogens is 324 g/mol. The van der Waals surface area contributed by atoms with Crippen molar-refractivity contribution in [2.24, 2.45) is 0 Å². The van der Waals surface area contributed by atoms with Crippen LogP contribution in [0.3, 0.4) is 0 Å². The smallest absolute Gasteiger partial charge is 0.303 e. The van der Waals surface area contributed by atoms with Crippen molar-refractivity contribution in [2.45, 2.75) is 44.0 Å². The Morgan fingerprint density at radius 3 is 2.26 bits per heavy atom. The lowest BCUT2D eigenvalue weighted by atomic mass is 10.1. The van der Waals surface area contributed by atoms with Gasteiger partial charge < -0.3 is 18.9 Å². The Balaban J connectivity index is 2.79. The van der Waals surface area contributed by atoms with Gasteiger partial charge in [-0.05, 0) is 0 Å². The zero-order valence-electron chi connectivity index (χ0n) is 12.9. The summed E-state index contributed by atoms with van der Waals surface area (Å²) < 4.78 is 40.9. The van der Waals surface area contributed by atoms with E-state index in [-0.39, 0.29) is 6.61 Å². The summed E-state index contributed by atoms with van der Waals surface area (Å²) >= 11 is 3.10. The molecule has 1 saturated heterocycles. The van der Waals surface area contributed by atoms with E-state index in [4.69, 9.17) is 23.1 Å². The molecule has 0 aromatic carbocycles. The van der Waals surface area contributed by atoms with Crippen LogP contribution in [-0.2, 0) is 33.3 Å². The quantitative estimate of drug-likeness (QED) is 0.418. The summed E-state index contributed by atoms with van der Waals surface area (Å²) in [6.07, 6.45) is -3.04. The van der Waals surface area contributed by atoms with E-state index in [2.05, 4.69) is 15.9 Å². The summed E-state index contributed by atoms with van der Waals surface area (Å²) in [4.78, 5) is 33.6. The number of esters is 3. The molecule has 0 amide bonds. The molecular formula is C11H15BrO7. The molecule has 1 heterocycles. The van der Waals surface area contributed by atoms with Gasteiger partial charge in [0.15, 0.2) is 17.2 Å². The van der Waals surface area contributed by atoms with E-state index >= 15 is 0 Å². The molecule has 0 N–H and O–H groups in total. The lowest BCUT2D eigenvalue weighted by Crippen LogP contribution is -2.40. The fourth-order valence-electron chi connectivity index (χ4n) is 1.56. The summed E-state index contributed by atoms with van der Waals surface area (Å²) in [6.45, 7) is -2.13. The number of carbonyl (C=O) groups is 3. The fourth-order valence-corrected chi connectivity index (χ4v) is 2.24. The van der Waals surface area contributed by atoms with Crippen LogP contribution >= 0.6 is 15.9 Å². The highest BCUT2D eigenvalue weighted by Crippen LogP contribution is 2.30. The average molecular weight is 342 g/mol. The van der Waals surface area contributed by atoms with Crippen molar-refractivity contribution in [2.75, 3.05) is 6.61 Å². The first-order valence-corrected chi connectivity index (χ1v) is 6.06. The Morgan fingerprint density at radius 2 is 1.68 bits per heavy atom. The molecule has 0 aromatic heterocycles. The molecule has 0 spiro atoms. The maximum Gasteiger partial charge on any atom is 0.303 e. The van der Waals surface area contributed by atoms with E-state index < -0.39 is 61.9 Å². The van der Waals surface area contributed by atoms with E-state index in [0.29, 0.717) is 0 Å². The summed E-state index contributed by atoms with van der Waals surface area (Å²) in [5.74, 6) is -2.49. The van der Waals surface area contributed by atoms with Crippen LogP contribution in [0.25, 0.3) is 0 Å². The van der Waals surface area contributed by atoms with Crippen LogP contribution in [0, 0.1) is 0 Å². The van der Waals surface area contributed by atoms with Gasteiger partial charge in [0, 0.05) is 24.8 Å². The maximum atomic E-state index is 11.3. The van der Waals surface area contributed by atoms with E-state index in [1.165, 1.54) is 0 Å². The van der Waals surface area contributed by atoms with Gasteiger partial charge in [0.2, 0.25) is 0 Å². The second-order valence-corrected chi connectivity index (χ2v) is 4.52. The molecule has 108 valence electrons. The first kappa shape index (κ1) is 11.7. The van der Waals surface area contributed by atoms with E-state index in [1.54, 1.807) is 0 Å². The monoisotopic (exact) mass is 341 g/mol. The largest absolute Gasteiger partial charge is 0.463 e. The molecule has 0 radical (unpaired) electrons. The number of rotatable bonds is 4. The Bertz CT molecular complexity index is 422. The third-order valence-electron chi connectivity index (χ3n) is 2.20. The molecule has 4 atom stereocenters. The number of ether oxygens (including phenoxy) is 4. The predicted molar refractivity (Wildman–Crippen MR) is 65.3 cm³/mol. The second-order valence-electron chi connectivity index (χ2n) is 3.62. The predicted octanol–water partition coefficient (Wildman–Crippen LogP) is 0.533. The minimum absolute atomic E-state index is 0.301. The molecule has 0 aromatic rings. The highest BCUT2D eigenvalue weighted by molar-refractivity contribution is 9.09. The zero-order valence-corrected chi connectivity index (χ0v) is 11.5. The number of alkyl halides is 1. The Kier molecular flexibility index (Phi) is 4.21. The molecule has 1 fully saturated rings. The van der Waals surface area contributed by atoms with E-state index in [0.717, 1.165) is 0 Å². The van der Waals surface area contributed by atoms with Gasteiger partial charge in [0.1, 0.15) is 12.7 Å². The Labute approximate surface area is 122 Å². The van der Waals surface area contributed by atoms with Crippen molar-refractivity contribution < 1.29 is 37.4 Å². The van der Waals surface area contributed by atoms with Crippen molar-refractivity contribution in [1.29, 1.82) is 0 Å². The standard InChI is InChI=1S/C11H15BrO7/c1-5(13)16-4-8-9(17-6(2)14)10(11(12)19-8)18-7(3)15/h8-11H,4H2,1-3H3/t8-,9-,10-,11?/m1/s1/i1D,2D,3D. The van der Waals surface area contributed by atoms with Gasteiger partial charge in [0.05, 0.1) is 0 Å². The first-order valence-electron chi connectivity index (χ1n) is 7.26. The summed E-state index contributed by atoms with van der Waals surface area (Å²) in [5.41, 5.74) is 0. The maximum absolute atomic E-state index is 11.3. The minimum atomic E-state index is -1.09. The van der Waals surface area contributed by atoms with Crippen LogP contribution in [-0.4, -0.2) is 47.8 Å². The molecule has 1 aliphatic heterocycles. The lowest BCUT2D eigenvalue weighted by molar-refractivity contribution is -0.165. The van der Waals surface area contributed by atoms with Gasteiger partial charge in [-0.25, -0.2) is 0 Å². The van der Waals surface area contributed by atoms with Crippen molar-refractivity contribution >= 4 is 33.8 Å². The molecule has 1 aliphatic rings. The van der Waals surface area contributed by atoms with E-state index in [1.807, 2.05) is 0 Å². The molecule has 7 nitrogen and oxygen atoms in total. The van der Waals surface area contributed by atoms with Crippen LogP contribution in [0.1, 0.15) is 24.8 Å². The van der Waals surface area contributed by atoms with Crippen LogP contribution in [0.4, 0.5) is 0 Å². The summed E-state index contributed by atoms with van der Waals surface area (Å²) in [7, 11) is 0. The topological polar surface area (TPSA) is 88.1 Å². The molecule has 0 saturated carbocycles. The Hall–Kier alpha value is -1.15. The van der Waals surface area contributed by atoms with Crippen molar-refractivity contribution in [3.05, 3.63) is 0 Å². The van der Waals surface area contributed by atoms with Crippen LogP contribution < -0.4 is 0 Å². The molecule has 1 rings (SSSR count). The van der Waals surface area contributed by atoms with Crippen LogP contribution in [0.15, 0.2) is 0 Å². The third-order valence-corrected chi connectivity index (χ3v) is 2.93. The van der Waals surface area contributed by atoms with Gasteiger partial charge in [0.25, 0.3) is 0 Å². The van der Waals surface area contributed by atoms with Gasteiger partial charge in [-0.3, -0.25) is 14.4 Å². The lowest BCUT2D eigenvalue weighted by Gasteiger charge is -2.22. The summed E-state index contributed by atoms with van der Waals surface area (Å²) in [6, 6.07) is 0. The van der Waals surface area contributed by atoms with Gasteiger partial charge >= 0.3 is 17.9 Å². The number of hydrogen-bond acceptors (Lipinski definition) is 7. The van der Waals surface area contributed by atoms with Crippen LogP contribution in [0.5, 0.6) is 0 Å².